The van der Waals surface area contributed by atoms with E-state index in [1.54, 1.807) is 36.8 Å². The van der Waals surface area contributed by atoms with E-state index in [1.165, 1.54) is 12.1 Å². The molecule has 0 unspecified atom stereocenters. The number of hydrogen-bond acceptors (Lipinski definition) is 4. The highest BCUT2D eigenvalue weighted by Gasteiger charge is 2.08. The first-order chi connectivity index (χ1) is 13.7. The van der Waals surface area contributed by atoms with Gasteiger partial charge in [0.2, 0.25) is 5.91 Å². The summed E-state index contributed by atoms with van der Waals surface area (Å²) in [5, 5.41) is 2.75. The predicted octanol–water partition coefficient (Wildman–Crippen LogP) is 3.97. The van der Waals surface area contributed by atoms with Gasteiger partial charge in [-0.25, -0.2) is 14.4 Å². The fourth-order valence-corrected chi connectivity index (χ4v) is 2.78. The third-order valence-corrected chi connectivity index (χ3v) is 4.16. The van der Waals surface area contributed by atoms with Crippen molar-refractivity contribution in [3.63, 3.8) is 0 Å². The Morgan fingerprint density at radius 2 is 1.86 bits per heavy atom. The number of amides is 1. The van der Waals surface area contributed by atoms with Crippen molar-refractivity contribution in [3.8, 4) is 11.6 Å². The Hall–Kier alpha value is -3.74. The number of rotatable bonds is 6. The summed E-state index contributed by atoms with van der Waals surface area (Å²) in [6.07, 6.45) is 3.40. The van der Waals surface area contributed by atoms with Crippen LogP contribution in [0.3, 0.4) is 0 Å². The molecule has 0 aliphatic heterocycles. The van der Waals surface area contributed by atoms with Crippen LogP contribution < -0.4 is 10.1 Å². The highest BCUT2D eigenvalue weighted by Crippen LogP contribution is 2.18. The predicted molar refractivity (Wildman–Crippen MR) is 104 cm³/mol. The van der Waals surface area contributed by atoms with Crippen molar-refractivity contribution in [2.24, 2.45) is 0 Å². The van der Waals surface area contributed by atoms with Crippen LogP contribution in [0.2, 0.25) is 0 Å². The van der Waals surface area contributed by atoms with Gasteiger partial charge in [0.25, 0.3) is 0 Å². The van der Waals surface area contributed by atoms with Crippen molar-refractivity contribution >= 4 is 22.6 Å². The third-order valence-electron chi connectivity index (χ3n) is 4.16. The zero-order valence-corrected chi connectivity index (χ0v) is 14.9. The number of nitrogens with one attached hydrogen (secondary N) is 1. The number of anilines is 1. The highest BCUT2D eigenvalue weighted by atomic mass is 19.1. The molecule has 0 spiro atoms. The van der Waals surface area contributed by atoms with Gasteiger partial charge in [-0.15, -0.1) is 0 Å². The van der Waals surface area contributed by atoms with Crippen LogP contribution >= 0.6 is 0 Å². The molecular weight excluding hydrogens is 359 g/mol. The standard InChI is InChI=1S/C21H17FN4O2/c22-16-5-1-4-8-19(16)28-12-11-21(27)25-15-9-10-20(23-13-15)26-14-24-17-6-2-3-7-18(17)26/h1-10,13-14H,11-12H2,(H,25,27). The lowest BCUT2D eigenvalue weighted by atomic mass is 10.3. The number of carbonyl (C=O) groups excluding carboxylic acids is 1. The maximum absolute atomic E-state index is 13.5. The minimum atomic E-state index is -0.449. The zero-order valence-electron chi connectivity index (χ0n) is 14.9. The number of carbonyl (C=O) groups is 1. The monoisotopic (exact) mass is 376 g/mol. The first-order valence-corrected chi connectivity index (χ1v) is 8.76. The number of fused-ring (bicyclic) bond motifs is 1. The summed E-state index contributed by atoms with van der Waals surface area (Å²) in [5.41, 5.74) is 2.41. The van der Waals surface area contributed by atoms with Crippen molar-refractivity contribution in [1.29, 1.82) is 0 Å². The number of halogens is 1. The molecule has 1 N–H and O–H groups in total. The van der Waals surface area contributed by atoms with Crippen LogP contribution in [-0.4, -0.2) is 27.0 Å². The molecular formula is C21H17FN4O2. The van der Waals surface area contributed by atoms with Crippen LogP contribution in [0.5, 0.6) is 5.75 Å². The lowest BCUT2D eigenvalue weighted by Crippen LogP contribution is -2.15. The molecule has 0 aliphatic rings. The van der Waals surface area contributed by atoms with E-state index >= 15 is 0 Å². The molecule has 1 amide bonds. The van der Waals surface area contributed by atoms with Crippen LogP contribution in [0.4, 0.5) is 10.1 Å². The summed E-state index contributed by atoms with van der Waals surface area (Å²) in [5.74, 6) is 0.150. The van der Waals surface area contributed by atoms with Crippen LogP contribution in [0, 0.1) is 5.82 Å². The molecule has 4 rings (SSSR count). The fourth-order valence-electron chi connectivity index (χ4n) is 2.78. The molecule has 0 bridgehead atoms. The number of aromatic nitrogens is 3. The molecule has 2 aromatic carbocycles. The summed E-state index contributed by atoms with van der Waals surface area (Å²) in [6.45, 7) is 0.0826. The van der Waals surface area contributed by atoms with Gasteiger partial charge in [-0.05, 0) is 36.4 Å². The zero-order chi connectivity index (χ0) is 19.3. The second-order valence-electron chi connectivity index (χ2n) is 6.09. The molecule has 0 aliphatic carbocycles. The van der Waals surface area contributed by atoms with Crippen LogP contribution in [0.1, 0.15) is 6.42 Å². The number of nitrogens with zero attached hydrogens (tertiary/aromatic N) is 3. The molecule has 28 heavy (non-hydrogen) atoms. The minimum absolute atomic E-state index is 0.0826. The quantitative estimate of drug-likeness (QED) is 0.553. The Bertz CT molecular complexity index is 1110. The van der Waals surface area contributed by atoms with Crippen molar-refractivity contribution < 1.29 is 13.9 Å². The number of imidazole rings is 1. The Labute approximate surface area is 160 Å². The van der Waals surface area contributed by atoms with E-state index in [0.717, 1.165) is 11.0 Å². The lowest BCUT2D eigenvalue weighted by molar-refractivity contribution is -0.116. The number of benzene rings is 2. The first kappa shape index (κ1) is 17.7. The minimum Gasteiger partial charge on any atom is -0.490 e. The molecule has 0 saturated carbocycles. The van der Waals surface area contributed by atoms with Gasteiger partial charge in [-0.2, -0.15) is 0 Å². The normalized spacial score (nSPS) is 10.8. The van der Waals surface area contributed by atoms with E-state index in [9.17, 15) is 9.18 Å². The van der Waals surface area contributed by atoms with E-state index in [2.05, 4.69) is 15.3 Å². The Morgan fingerprint density at radius 1 is 1.04 bits per heavy atom. The second-order valence-corrected chi connectivity index (χ2v) is 6.09. The van der Waals surface area contributed by atoms with Crippen molar-refractivity contribution in [2.45, 2.75) is 6.42 Å². The SMILES string of the molecule is O=C(CCOc1ccccc1F)Nc1ccc(-n2cnc3ccccc32)nc1. The van der Waals surface area contributed by atoms with Gasteiger partial charge < -0.3 is 10.1 Å². The molecule has 0 atom stereocenters. The van der Waals surface area contributed by atoms with E-state index in [-0.39, 0.29) is 24.7 Å². The summed E-state index contributed by atoms with van der Waals surface area (Å²) >= 11 is 0. The van der Waals surface area contributed by atoms with Gasteiger partial charge in [-0.1, -0.05) is 24.3 Å². The van der Waals surface area contributed by atoms with Gasteiger partial charge in [-0.3, -0.25) is 9.36 Å². The fraction of sp³-hybridized carbons (Fsp3) is 0.0952. The molecule has 0 radical (unpaired) electrons. The molecule has 6 nitrogen and oxygen atoms in total. The third kappa shape index (κ3) is 3.83. The number of ether oxygens (including phenoxy) is 1. The molecule has 0 fully saturated rings. The van der Waals surface area contributed by atoms with Crippen LogP contribution in [0.15, 0.2) is 73.2 Å². The average Bonchev–Trinajstić information content (AvgIpc) is 3.14. The van der Waals surface area contributed by atoms with Gasteiger partial charge in [0.1, 0.15) is 12.1 Å². The van der Waals surface area contributed by atoms with Crippen molar-refractivity contribution in [2.75, 3.05) is 11.9 Å². The van der Waals surface area contributed by atoms with E-state index in [0.29, 0.717) is 11.5 Å². The van der Waals surface area contributed by atoms with Gasteiger partial charge in [0.15, 0.2) is 11.6 Å². The molecule has 0 saturated heterocycles. The molecule has 140 valence electrons. The van der Waals surface area contributed by atoms with E-state index < -0.39 is 5.82 Å². The number of hydrogen-bond donors (Lipinski definition) is 1. The van der Waals surface area contributed by atoms with Gasteiger partial charge in [0, 0.05) is 0 Å². The summed E-state index contributed by atoms with van der Waals surface area (Å²) < 4.78 is 20.6. The maximum atomic E-state index is 13.5. The van der Waals surface area contributed by atoms with Crippen molar-refractivity contribution in [1.82, 2.24) is 14.5 Å². The van der Waals surface area contributed by atoms with Crippen LogP contribution in [-0.2, 0) is 4.79 Å². The topological polar surface area (TPSA) is 69.0 Å². The average molecular weight is 376 g/mol. The van der Waals surface area contributed by atoms with Crippen molar-refractivity contribution in [3.05, 3.63) is 79.0 Å². The van der Waals surface area contributed by atoms with E-state index in [4.69, 9.17) is 4.74 Å². The number of pyridine rings is 1. The summed E-state index contributed by atoms with van der Waals surface area (Å²) in [7, 11) is 0. The first-order valence-electron chi connectivity index (χ1n) is 8.76. The summed E-state index contributed by atoms with van der Waals surface area (Å²) in [6, 6.07) is 17.4. The molecule has 2 aromatic heterocycles. The maximum Gasteiger partial charge on any atom is 0.227 e. The van der Waals surface area contributed by atoms with Gasteiger partial charge >= 0.3 is 0 Å². The largest absolute Gasteiger partial charge is 0.490 e. The van der Waals surface area contributed by atoms with Crippen LogP contribution in [0.25, 0.3) is 16.9 Å². The molecule has 2 heterocycles. The Balaban J connectivity index is 1.35. The number of para-hydroxylation sites is 3. The Kier molecular flexibility index (Phi) is 4.97. The lowest BCUT2D eigenvalue weighted by Gasteiger charge is -2.08. The van der Waals surface area contributed by atoms with Gasteiger partial charge in [0.05, 0.1) is 35.9 Å². The smallest absolute Gasteiger partial charge is 0.227 e. The second kappa shape index (κ2) is 7.87. The Morgan fingerprint density at radius 3 is 2.68 bits per heavy atom. The molecule has 7 heteroatoms. The summed E-state index contributed by atoms with van der Waals surface area (Å²) in [4.78, 5) is 20.8. The highest BCUT2D eigenvalue weighted by molar-refractivity contribution is 5.90. The molecule has 4 aromatic rings. The van der Waals surface area contributed by atoms with E-state index in [1.807, 2.05) is 28.8 Å².